The van der Waals surface area contributed by atoms with Crippen LogP contribution in [0.15, 0.2) is 54.6 Å². The van der Waals surface area contributed by atoms with Crippen molar-refractivity contribution in [1.29, 1.82) is 0 Å². The van der Waals surface area contributed by atoms with E-state index in [4.69, 9.17) is 4.74 Å². The number of aromatic nitrogens is 2. The molecule has 28 heavy (non-hydrogen) atoms. The van der Waals surface area contributed by atoms with Crippen molar-refractivity contribution in [3.8, 4) is 0 Å². The number of hydrogen-bond donors (Lipinski definition) is 2. The number of aryl methyl sites for hydroxylation is 2. The number of ether oxygens (including phenoxy) is 1. The number of hydrogen-bond acceptors (Lipinski definition) is 5. The average molecular weight is 378 g/mol. The maximum atomic E-state index is 12.5. The van der Waals surface area contributed by atoms with E-state index in [1.807, 2.05) is 43.3 Å². The Bertz CT molecular complexity index is 996. The molecule has 0 spiro atoms. The lowest BCUT2D eigenvalue weighted by molar-refractivity contribution is -0.119. The largest absolute Gasteiger partial charge is 0.452 e. The zero-order valence-electron chi connectivity index (χ0n) is 16.0. The smallest absolute Gasteiger partial charge is 0.340 e. The Morgan fingerprint density at radius 3 is 2.39 bits per heavy atom. The number of nitrogens with zero attached hydrogens (tertiary/aromatic N) is 2. The van der Waals surface area contributed by atoms with E-state index in [1.165, 1.54) is 0 Å². The van der Waals surface area contributed by atoms with Crippen molar-refractivity contribution in [2.75, 3.05) is 17.2 Å². The molecule has 0 unspecified atom stereocenters. The van der Waals surface area contributed by atoms with Crippen LogP contribution in [-0.2, 0) is 16.6 Å². The fourth-order valence-electron chi connectivity index (χ4n) is 2.79. The van der Waals surface area contributed by atoms with Gasteiger partial charge in [-0.2, -0.15) is 5.10 Å². The Morgan fingerprint density at radius 2 is 1.71 bits per heavy atom. The number of carbonyl (C=O) groups excluding carboxylic acids is 2. The summed E-state index contributed by atoms with van der Waals surface area (Å²) < 4.78 is 6.89. The van der Waals surface area contributed by atoms with Crippen molar-refractivity contribution < 1.29 is 14.3 Å². The minimum absolute atomic E-state index is 0.355. The number of carbonyl (C=O) groups is 2. The third kappa shape index (κ3) is 4.37. The highest BCUT2D eigenvalue weighted by molar-refractivity contribution is 5.99. The zero-order valence-corrected chi connectivity index (χ0v) is 16.0. The molecule has 3 rings (SSSR count). The molecule has 0 bridgehead atoms. The second-order valence-corrected chi connectivity index (χ2v) is 6.33. The first-order chi connectivity index (χ1) is 13.5. The van der Waals surface area contributed by atoms with Crippen molar-refractivity contribution in [3.05, 3.63) is 71.5 Å². The van der Waals surface area contributed by atoms with Gasteiger partial charge in [-0.3, -0.25) is 9.48 Å². The predicted octanol–water partition coefficient (Wildman–Crippen LogP) is 3.58. The van der Waals surface area contributed by atoms with Gasteiger partial charge in [-0.1, -0.05) is 30.3 Å². The summed E-state index contributed by atoms with van der Waals surface area (Å²) in [6, 6.07) is 16.5. The molecule has 7 nitrogen and oxygen atoms in total. The van der Waals surface area contributed by atoms with E-state index in [9.17, 15) is 9.59 Å². The molecule has 0 aliphatic carbocycles. The quantitative estimate of drug-likeness (QED) is 0.641. The third-order valence-electron chi connectivity index (χ3n) is 4.31. The van der Waals surface area contributed by atoms with Crippen molar-refractivity contribution in [3.63, 3.8) is 0 Å². The van der Waals surface area contributed by atoms with Crippen molar-refractivity contribution in [2.45, 2.75) is 13.8 Å². The van der Waals surface area contributed by atoms with Crippen LogP contribution in [0.1, 0.15) is 21.7 Å². The van der Waals surface area contributed by atoms with Gasteiger partial charge < -0.3 is 15.4 Å². The van der Waals surface area contributed by atoms with Crippen LogP contribution in [0.3, 0.4) is 0 Å². The summed E-state index contributed by atoms with van der Waals surface area (Å²) >= 11 is 0. The first kappa shape index (κ1) is 19.2. The van der Waals surface area contributed by atoms with E-state index >= 15 is 0 Å². The molecule has 0 saturated carbocycles. The van der Waals surface area contributed by atoms with Gasteiger partial charge >= 0.3 is 5.97 Å². The molecule has 0 fully saturated rings. The monoisotopic (exact) mass is 378 g/mol. The second-order valence-electron chi connectivity index (χ2n) is 6.33. The number of benzene rings is 2. The summed E-state index contributed by atoms with van der Waals surface area (Å²) in [5, 5.41) is 10.2. The van der Waals surface area contributed by atoms with Crippen LogP contribution >= 0.6 is 0 Å². The highest BCUT2D eigenvalue weighted by Crippen LogP contribution is 2.22. The molecule has 2 aromatic carbocycles. The van der Waals surface area contributed by atoms with Crippen LogP contribution < -0.4 is 10.6 Å². The van der Waals surface area contributed by atoms with Gasteiger partial charge in [0.25, 0.3) is 5.91 Å². The third-order valence-corrected chi connectivity index (χ3v) is 4.31. The van der Waals surface area contributed by atoms with E-state index < -0.39 is 11.9 Å². The summed E-state index contributed by atoms with van der Waals surface area (Å²) in [6.45, 7) is 3.28. The Morgan fingerprint density at radius 1 is 1.04 bits per heavy atom. The molecule has 144 valence electrons. The lowest BCUT2D eigenvalue weighted by atomic mass is 10.1. The van der Waals surface area contributed by atoms with Crippen LogP contribution in [0.4, 0.5) is 17.1 Å². The lowest BCUT2D eigenvalue weighted by Gasteiger charge is -2.12. The molecule has 0 radical (unpaired) electrons. The first-order valence-corrected chi connectivity index (χ1v) is 8.84. The molecular weight excluding hydrogens is 356 g/mol. The van der Waals surface area contributed by atoms with Gasteiger partial charge in [0.1, 0.15) is 0 Å². The van der Waals surface area contributed by atoms with Gasteiger partial charge in [-0.25, -0.2) is 4.79 Å². The summed E-state index contributed by atoms with van der Waals surface area (Å²) in [5.74, 6) is -0.991. The van der Waals surface area contributed by atoms with Crippen LogP contribution in [-0.4, -0.2) is 28.3 Å². The van der Waals surface area contributed by atoms with Crippen LogP contribution in [0.5, 0.6) is 0 Å². The number of rotatable bonds is 6. The van der Waals surface area contributed by atoms with E-state index in [-0.39, 0.29) is 6.61 Å². The Kier molecular flexibility index (Phi) is 5.74. The number of amides is 1. The minimum atomic E-state index is -0.575. The molecule has 2 N–H and O–H groups in total. The molecule has 0 atom stereocenters. The number of nitrogens with one attached hydrogen (secondary N) is 2. The molecular formula is C21H22N4O3. The van der Waals surface area contributed by atoms with Gasteiger partial charge in [0.15, 0.2) is 6.61 Å². The van der Waals surface area contributed by atoms with Crippen LogP contribution in [0.25, 0.3) is 0 Å². The van der Waals surface area contributed by atoms with Crippen LogP contribution in [0, 0.1) is 13.8 Å². The fourth-order valence-corrected chi connectivity index (χ4v) is 2.79. The molecule has 3 aromatic rings. The van der Waals surface area contributed by atoms with E-state index in [1.54, 1.807) is 36.9 Å². The fraction of sp³-hybridized carbons (Fsp3) is 0.190. The standard InChI is InChI=1S/C21H22N4O3/c1-14-20(15(2)25(3)24-14)23-19(26)13-28-21(27)17-11-7-8-12-18(17)22-16-9-5-4-6-10-16/h4-12,22H,13H2,1-3H3,(H,23,26). The number of para-hydroxylation sites is 2. The van der Waals surface area contributed by atoms with Gasteiger partial charge in [0.05, 0.1) is 28.3 Å². The molecule has 0 saturated heterocycles. The topological polar surface area (TPSA) is 85.2 Å². The average Bonchev–Trinajstić information content (AvgIpc) is 2.93. The van der Waals surface area contributed by atoms with Gasteiger partial charge in [0.2, 0.25) is 0 Å². The summed E-state index contributed by atoms with van der Waals surface area (Å²) in [4.78, 5) is 24.7. The maximum Gasteiger partial charge on any atom is 0.340 e. The van der Waals surface area contributed by atoms with Gasteiger partial charge in [-0.05, 0) is 38.1 Å². The predicted molar refractivity (Wildman–Crippen MR) is 108 cm³/mol. The number of anilines is 3. The van der Waals surface area contributed by atoms with E-state index in [2.05, 4.69) is 15.7 Å². The Labute approximate surface area is 163 Å². The van der Waals surface area contributed by atoms with Gasteiger partial charge in [0, 0.05) is 12.7 Å². The normalized spacial score (nSPS) is 10.4. The Hall–Kier alpha value is -3.61. The summed E-state index contributed by atoms with van der Waals surface area (Å²) in [6.07, 6.45) is 0. The van der Waals surface area contributed by atoms with E-state index in [0.29, 0.717) is 22.6 Å². The molecule has 1 heterocycles. The van der Waals surface area contributed by atoms with E-state index in [0.717, 1.165) is 11.4 Å². The Balaban J connectivity index is 1.64. The maximum absolute atomic E-state index is 12.5. The second kappa shape index (κ2) is 8.39. The van der Waals surface area contributed by atoms with Crippen molar-refractivity contribution >= 4 is 28.9 Å². The highest BCUT2D eigenvalue weighted by Gasteiger charge is 2.16. The molecule has 0 aliphatic heterocycles. The number of esters is 1. The highest BCUT2D eigenvalue weighted by atomic mass is 16.5. The van der Waals surface area contributed by atoms with Crippen molar-refractivity contribution in [1.82, 2.24) is 9.78 Å². The summed E-state index contributed by atoms with van der Waals surface area (Å²) in [7, 11) is 1.80. The molecule has 1 aromatic heterocycles. The zero-order chi connectivity index (χ0) is 20.1. The minimum Gasteiger partial charge on any atom is -0.452 e. The van der Waals surface area contributed by atoms with Crippen LogP contribution in [0.2, 0.25) is 0 Å². The first-order valence-electron chi connectivity index (χ1n) is 8.84. The van der Waals surface area contributed by atoms with Gasteiger partial charge in [-0.15, -0.1) is 0 Å². The molecule has 0 aliphatic rings. The van der Waals surface area contributed by atoms with Crippen molar-refractivity contribution in [2.24, 2.45) is 7.05 Å². The summed E-state index contributed by atoms with van der Waals surface area (Å²) in [5.41, 5.74) is 3.98. The lowest BCUT2D eigenvalue weighted by Crippen LogP contribution is -2.22. The SMILES string of the molecule is Cc1nn(C)c(C)c1NC(=O)COC(=O)c1ccccc1Nc1ccccc1. The molecule has 1 amide bonds. The molecule has 7 heteroatoms.